The summed E-state index contributed by atoms with van der Waals surface area (Å²) in [6, 6.07) is 10.0. The highest BCUT2D eigenvalue weighted by atomic mass is 19.4. The number of nitrogens with one attached hydrogen (secondary N) is 2. The minimum atomic E-state index is -4.63. The van der Waals surface area contributed by atoms with E-state index in [1.807, 2.05) is 6.07 Å². The number of rotatable bonds is 6. The summed E-state index contributed by atoms with van der Waals surface area (Å²) in [6.07, 6.45) is -3.69. The lowest BCUT2D eigenvalue weighted by Crippen LogP contribution is -2.50. The summed E-state index contributed by atoms with van der Waals surface area (Å²) in [5.41, 5.74) is 5.58. The Labute approximate surface area is 240 Å². The number of furan rings is 1. The Hall–Kier alpha value is -4.60. The molecule has 0 bridgehead atoms. The molecule has 0 radical (unpaired) electrons. The Balaban J connectivity index is 1.81. The number of nitrogens with zero attached hydrogens (tertiary/aromatic N) is 4. The van der Waals surface area contributed by atoms with Gasteiger partial charge in [-0.1, -0.05) is 45.0 Å². The van der Waals surface area contributed by atoms with Crippen molar-refractivity contribution in [2.75, 3.05) is 18.4 Å². The molecule has 0 saturated carbocycles. The first kappa shape index (κ1) is 30.4. The van der Waals surface area contributed by atoms with Gasteiger partial charge in [0.2, 0.25) is 5.91 Å². The number of aromatic nitrogens is 2. The van der Waals surface area contributed by atoms with Crippen molar-refractivity contribution in [3.05, 3.63) is 70.3 Å². The van der Waals surface area contributed by atoms with Crippen molar-refractivity contribution in [1.29, 1.82) is 10.7 Å². The van der Waals surface area contributed by atoms with Gasteiger partial charge in [0.1, 0.15) is 23.2 Å². The lowest BCUT2D eigenvalue weighted by molar-refractivity contribution is -0.193. The van der Waals surface area contributed by atoms with Gasteiger partial charge in [-0.05, 0) is 25.0 Å². The topological polar surface area (TPSA) is 154 Å². The van der Waals surface area contributed by atoms with Crippen molar-refractivity contribution in [1.82, 2.24) is 14.7 Å². The van der Waals surface area contributed by atoms with Gasteiger partial charge in [-0.25, -0.2) is 0 Å². The fourth-order valence-electron chi connectivity index (χ4n) is 5.10. The van der Waals surface area contributed by atoms with Gasteiger partial charge >= 0.3 is 6.18 Å². The Morgan fingerprint density at radius 2 is 1.88 bits per heavy atom. The lowest BCUT2D eigenvalue weighted by atomic mass is 9.80. The molecular formula is C29H32F3N7O3. The van der Waals surface area contributed by atoms with E-state index >= 15 is 0 Å². The number of amides is 1. The first-order valence-corrected chi connectivity index (χ1v) is 13.3. The number of benzene rings is 1. The van der Waals surface area contributed by atoms with Gasteiger partial charge < -0.3 is 20.4 Å². The summed E-state index contributed by atoms with van der Waals surface area (Å²) >= 11 is 0. The summed E-state index contributed by atoms with van der Waals surface area (Å²) in [5.74, 6) is -4.19. The van der Waals surface area contributed by atoms with E-state index in [1.165, 1.54) is 17.2 Å². The smallest absolute Gasteiger partial charge is 0.392 e. The molecule has 1 aliphatic heterocycles. The van der Waals surface area contributed by atoms with Gasteiger partial charge in [0.25, 0.3) is 5.91 Å². The van der Waals surface area contributed by atoms with Crippen LogP contribution in [0.1, 0.15) is 71.6 Å². The second-order valence-electron chi connectivity index (χ2n) is 11.3. The van der Waals surface area contributed by atoms with E-state index in [0.29, 0.717) is 11.1 Å². The maximum absolute atomic E-state index is 14.3. The van der Waals surface area contributed by atoms with Crippen LogP contribution in [0.2, 0.25) is 0 Å². The van der Waals surface area contributed by atoms with Gasteiger partial charge in [0.15, 0.2) is 5.82 Å². The van der Waals surface area contributed by atoms with E-state index < -0.39 is 29.3 Å². The molecule has 10 nitrogen and oxygen atoms in total. The van der Waals surface area contributed by atoms with Gasteiger partial charge in [-0.2, -0.15) is 28.2 Å². The molecule has 222 valence electrons. The number of aryl methyl sites for hydroxylation is 1. The number of likely N-dealkylation sites (tertiary alicyclic amines) is 1. The van der Waals surface area contributed by atoms with Crippen LogP contribution in [-0.2, 0) is 11.3 Å². The lowest BCUT2D eigenvalue weighted by Gasteiger charge is -2.40. The molecule has 1 aromatic carbocycles. The van der Waals surface area contributed by atoms with Crippen LogP contribution in [0.5, 0.6) is 0 Å². The number of nitrogens with two attached hydrogens (primary N) is 1. The van der Waals surface area contributed by atoms with Gasteiger partial charge in [-0.3, -0.25) is 15.0 Å². The molecule has 0 aliphatic carbocycles. The number of hydrogen-bond acceptors (Lipinski definition) is 7. The van der Waals surface area contributed by atoms with Gasteiger partial charge in [-0.15, -0.1) is 0 Å². The quantitative estimate of drug-likeness (QED) is 0.279. The molecule has 1 aliphatic rings. The molecule has 2 atom stereocenters. The number of carbonyl (C=O) groups is 2. The fourth-order valence-corrected chi connectivity index (χ4v) is 5.10. The van der Waals surface area contributed by atoms with Gasteiger partial charge in [0.05, 0.1) is 23.4 Å². The molecule has 2 unspecified atom stereocenters. The van der Waals surface area contributed by atoms with Crippen molar-refractivity contribution >= 4 is 23.5 Å². The molecule has 13 heteroatoms. The van der Waals surface area contributed by atoms with Crippen molar-refractivity contribution in [3.63, 3.8) is 0 Å². The third-order valence-corrected chi connectivity index (χ3v) is 7.34. The summed E-state index contributed by atoms with van der Waals surface area (Å²) in [6.45, 7) is 6.30. The maximum Gasteiger partial charge on any atom is 0.392 e. The molecule has 1 fully saturated rings. The maximum atomic E-state index is 14.3. The molecule has 0 spiro atoms. The highest BCUT2D eigenvalue weighted by molar-refractivity contribution is 5.98. The standard InChI is InChI=1S/C29H32F3N7O3/c1-16-19(10-12-42-16)26(40)39-25(36-14-17-5-7-18(8-6-17)24(34)35)20(13-33)23(37-39)21-15-38(27(41)28(2,3)4)11-9-22(21)29(30,31)32/h5-8,10,12,21-22,36H,9,11,14-15H2,1-4H3,(H3,34,35). The second kappa shape index (κ2) is 11.3. The average molecular weight is 584 g/mol. The number of nitrogen functional groups attached to an aromatic ring is 1. The number of anilines is 1. The number of hydrogen-bond donors (Lipinski definition) is 3. The number of alkyl halides is 3. The summed E-state index contributed by atoms with van der Waals surface area (Å²) < 4.78 is 49.2. The Morgan fingerprint density at radius 3 is 2.40 bits per heavy atom. The number of halogens is 3. The number of piperidine rings is 1. The minimum Gasteiger partial charge on any atom is -0.469 e. The van der Waals surface area contributed by atoms with E-state index in [2.05, 4.69) is 10.4 Å². The molecule has 3 heterocycles. The first-order chi connectivity index (χ1) is 19.6. The van der Waals surface area contributed by atoms with Crippen molar-refractivity contribution < 1.29 is 27.2 Å². The summed E-state index contributed by atoms with van der Waals surface area (Å²) in [5, 5.41) is 25.1. The highest BCUT2D eigenvalue weighted by Gasteiger charge is 2.51. The Morgan fingerprint density at radius 1 is 1.21 bits per heavy atom. The number of amidine groups is 1. The Kier molecular flexibility index (Phi) is 8.20. The van der Waals surface area contributed by atoms with Crippen molar-refractivity contribution in [3.8, 4) is 6.07 Å². The zero-order chi connectivity index (χ0) is 31.0. The fraction of sp³-hybridized carbons (Fsp3) is 0.414. The predicted molar refractivity (Wildman–Crippen MR) is 148 cm³/mol. The largest absolute Gasteiger partial charge is 0.469 e. The molecular weight excluding hydrogens is 551 g/mol. The first-order valence-electron chi connectivity index (χ1n) is 13.3. The molecule has 4 rings (SSSR count). The van der Waals surface area contributed by atoms with Crippen LogP contribution in [0, 0.1) is 35.0 Å². The van der Waals surface area contributed by atoms with Crippen LogP contribution in [0.4, 0.5) is 19.0 Å². The third-order valence-electron chi connectivity index (χ3n) is 7.34. The van der Waals surface area contributed by atoms with Crippen LogP contribution >= 0.6 is 0 Å². The van der Waals surface area contributed by atoms with Gasteiger partial charge in [0, 0.05) is 36.5 Å². The highest BCUT2D eigenvalue weighted by Crippen LogP contribution is 2.45. The monoisotopic (exact) mass is 583 g/mol. The van der Waals surface area contributed by atoms with E-state index in [1.54, 1.807) is 52.0 Å². The predicted octanol–water partition coefficient (Wildman–Crippen LogP) is 4.78. The molecule has 42 heavy (non-hydrogen) atoms. The van der Waals surface area contributed by atoms with Crippen LogP contribution in [0.15, 0.2) is 41.0 Å². The molecule has 2 aromatic heterocycles. The zero-order valence-electron chi connectivity index (χ0n) is 23.7. The van der Waals surface area contributed by atoms with Crippen molar-refractivity contribution in [2.24, 2.45) is 17.1 Å². The van der Waals surface area contributed by atoms with E-state index in [4.69, 9.17) is 15.6 Å². The normalized spacial score (nSPS) is 17.5. The van der Waals surface area contributed by atoms with Crippen LogP contribution < -0.4 is 11.1 Å². The zero-order valence-corrected chi connectivity index (χ0v) is 23.7. The number of carbonyl (C=O) groups excluding carboxylic acids is 2. The second-order valence-corrected chi connectivity index (χ2v) is 11.3. The van der Waals surface area contributed by atoms with Crippen LogP contribution in [0.25, 0.3) is 0 Å². The Bertz CT molecular complexity index is 1540. The molecule has 3 aromatic rings. The van der Waals surface area contributed by atoms with E-state index in [-0.39, 0.29) is 66.2 Å². The SMILES string of the molecule is Cc1occc1C(=O)n1nc(C2CN(C(=O)C(C)(C)C)CCC2C(F)(F)F)c(C#N)c1NCc1ccc(C(=N)N)cc1. The summed E-state index contributed by atoms with van der Waals surface area (Å²) in [4.78, 5) is 28.0. The van der Waals surface area contributed by atoms with Crippen LogP contribution in [-0.4, -0.2) is 51.6 Å². The van der Waals surface area contributed by atoms with E-state index in [0.717, 1.165) is 4.68 Å². The molecule has 1 amide bonds. The third kappa shape index (κ3) is 6.02. The van der Waals surface area contributed by atoms with Crippen molar-refractivity contribution in [2.45, 2.75) is 52.8 Å². The minimum absolute atomic E-state index is 0.0751. The number of nitriles is 1. The van der Waals surface area contributed by atoms with E-state index in [9.17, 15) is 28.0 Å². The molecule has 1 saturated heterocycles. The molecule has 4 N–H and O–H groups in total. The average Bonchev–Trinajstić information content (AvgIpc) is 3.53. The van der Waals surface area contributed by atoms with Crippen LogP contribution in [0.3, 0.4) is 0 Å². The summed E-state index contributed by atoms with van der Waals surface area (Å²) in [7, 11) is 0.